The summed E-state index contributed by atoms with van der Waals surface area (Å²) in [6.07, 6.45) is 6.04. The Labute approximate surface area is 231 Å². The number of hydrogen-bond acceptors (Lipinski definition) is 4. The maximum absolute atomic E-state index is 13.6. The minimum absolute atomic E-state index is 0.0103. The molecule has 1 aliphatic rings. The summed E-state index contributed by atoms with van der Waals surface area (Å²) < 4.78 is 0. The number of aromatic amines is 1. The summed E-state index contributed by atoms with van der Waals surface area (Å²) in [5.74, 6) is -1.09. The maximum atomic E-state index is 13.6. The Morgan fingerprint density at radius 2 is 1.92 bits per heavy atom. The van der Waals surface area contributed by atoms with Gasteiger partial charge in [0.15, 0.2) is 5.60 Å². The molecular weight excluding hydrogens is 514 g/mol. The third kappa shape index (κ3) is 5.21. The zero-order valence-electron chi connectivity index (χ0n) is 21.5. The number of aliphatic hydroxyl groups is 2. The number of fused-ring (bicyclic) bond motifs is 2. The molecule has 1 aromatic heterocycles. The van der Waals surface area contributed by atoms with Crippen LogP contribution in [0.2, 0.25) is 5.02 Å². The Bertz CT molecular complexity index is 1550. The van der Waals surface area contributed by atoms with E-state index in [2.05, 4.69) is 10.3 Å². The van der Waals surface area contributed by atoms with Crippen LogP contribution in [0.4, 0.5) is 11.4 Å². The van der Waals surface area contributed by atoms with Crippen LogP contribution in [0.5, 0.6) is 0 Å². The highest BCUT2D eigenvalue weighted by Gasteiger charge is 2.52. The number of benzene rings is 3. The number of para-hydroxylation sites is 1. The molecule has 4 aromatic rings. The number of carbonyl (C=O) groups excluding carboxylic acids is 2. The molecular formula is C31H30ClN3O4. The van der Waals surface area contributed by atoms with Gasteiger partial charge in [-0.05, 0) is 53.9 Å². The van der Waals surface area contributed by atoms with Crippen LogP contribution in [0.25, 0.3) is 10.9 Å². The lowest BCUT2D eigenvalue weighted by Gasteiger charge is -2.27. The molecule has 2 heterocycles. The van der Waals surface area contributed by atoms with Gasteiger partial charge in [-0.2, -0.15) is 0 Å². The normalized spacial score (nSPS) is 17.6. The van der Waals surface area contributed by atoms with Crippen molar-refractivity contribution in [1.82, 2.24) is 4.98 Å². The van der Waals surface area contributed by atoms with E-state index >= 15 is 0 Å². The molecule has 0 unspecified atom stereocenters. The highest BCUT2D eigenvalue weighted by molar-refractivity contribution is 6.31. The minimum atomic E-state index is -1.78. The van der Waals surface area contributed by atoms with E-state index in [1.807, 2.05) is 42.6 Å². The van der Waals surface area contributed by atoms with Crippen molar-refractivity contribution < 1.29 is 19.8 Å². The average molecular weight is 544 g/mol. The molecule has 0 saturated heterocycles. The number of carbonyl (C=O) groups is 2. The lowest BCUT2D eigenvalue weighted by Crippen LogP contribution is -2.44. The number of H-pyrrole nitrogens is 1. The van der Waals surface area contributed by atoms with Crippen LogP contribution >= 0.6 is 11.6 Å². The van der Waals surface area contributed by atoms with Gasteiger partial charge in [-0.3, -0.25) is 9.59 Å². The van der Waals surface area contributed by atoms with Crippen molar-refractivity contribution in [2.45, 2.75) is 31.9 Å². The van der Waals surface area contributed by atoms with Crippen LogP contribution in [-0.4, -0.2) is 33.6 Å². The first-order chi connectivity index (χ1) is 18.8. The van der Waals surface area contributed by atoms with Crippen LogP contribution in [0.3, 0.4) is 0 Å². The fraction of sp³-hybridized carbons (Fsp3) is 0.226. The molecule has 0 saturated carbocycles. The van der Waals surface area contributed by atoms with E-state index in [0.29, 0.717) is 28.4 Å². The molecule has 7 nitrogen and oxygen atoms in total. The molecule has 2 atom stereocenters. The Hall–Kier alpha value is -3.91. The second kappa shape index (κ2) is 11.1. The monoisotopic (exact) mass is 543 g/mol. The lowest BCUT2D eigenvalue weighted by molar-refractivity contribution is -0.139. The van der Waals surface area contributed by atoms with E-state index in [0.717, 1.165) is 22.0 Å². The number of aromatic nitrogens is 1. The predicted octanol–water partition coefficient (Wildman–Crippen LogP) is 5.31. The average Bonchev–Trinajstić information content (AvgIpc) is 3.42. The first kappa shape index (κ1) is 26.7. The summed E-state index contributed by atoms with van der Waals surface area (Å²) >= 11 is 6.24. The third-order valence-electron chi connectivity index (χ3n) is 7.22. The molecule has 39 heavy (non-hydrogen) atoms. The second-order valence-electron chi connectivity index (χ2n) is 9.83. The fourth-order valence-electron chi connectivity index (χ4n) is 5.12. The molecule has 3 aromatic carbocycles. The first-order valence-corrected chi connectivity index (χ1v) is 13.2. The molecule has 200 valence electrons. The second-order valence-corrected chi connectivity index (χ2v) is 10.3. The Morgan fingerprint density at radius 1 is 1.15 bits per heavy atom. The largest absolute Gasteiger partial charge is 0.396 e. The van der Waals surface area contributed by atoms with Gasteiger partial charge in [0.25, 0.3) is 5.91 Å². The molecule has 0 radical (unpaired) electrons. The summed E-state index contributed by atoms with van der Waals surface area (Å²) in [5, 5.41) is 25.1. The highest BCUT2D eigenvalue weighted by atomic mass is 35.5. The SMILES string of the molecule is C[C@H](/C=C/CCO)[C@@]1(O)C(=O)N(Cc2ccc(NC(=O)Cc3c[nH]c4ccccc34)cc2)c2ccc(Cl)cc21. The summed E-state index contributed by atoms with van der Waals surface area (Å²) in [6, 6.07) is 20.3. The van der Waals surface area contributed by atoms with Crippen LogP contribution < -0.4 is 10.2 Å². The molecule has 8 heteroatoms. The van der Waals surface area contributed by atoms with Crippen molar-refractivity contribution in [3.8, 4) is 0 Å². The topological polar surface area (TPSA) is 106 Å². The van der Waals surface area contributed by atoms with E-state index in [9.17, 15) is 14.7 Å². The van der Waals surface area contributed by atoms with Crippen LogP contribution in [0, 0.1) is 5.92 Å². The number of amides is 2. The van der Waals surface area contributed by atoms with E-state index in [1.54, 1.807) is 54.3 Å². The van der Waals surface area contributed by atoms with Gasteiger partial charge in [0, 0.05) is 45.9 Å². The quantitative estimate of drug-likeness (QED) is 0.215. The number of anilines is 2. The summed E-state index contributed by atoms with van der Waals surface area (Å²) in [7, 11) is 0. The zero-order valence-corrected chi connectivity index (χ0v) is 22.3. The Kier molecular flexibility index (Phi) is 7.57. The van der Waals surface area contributed by atoms with Crippen molar-refractivity contribution in [2.24, 2.45) is 5.92 Å². The van der Waals surface area contributed by atoms with Gasteiger partial charge >= 0.3 is 0 Å². The molecule has 0 spiro atoms. The van der Waals surface area contributed by atoms with Crippen LogP contribution in [0.1, 0.15) is 30.0 Å². The van der Waals surface area contributed by atoms with Gasteiger partial charge in [-0.15, -0.1) is 0 Å². The van der Waals surface area contributed by atoms with Crippen molar-refractivity contribution in [1.29, 1.82) is 0 Å². The summed E-state index contributed by atoms with van der Waals surface area (Å²) in [6.45, 7) is 2.00. The van der Waals surface area contributed by atoms with E-state index in [4.69, 9.17) is 16.7 Å². The van der Waals surface area contributed by atoms with Gasteiger partial charge in [0.05, 0.1) is 18.7 Å². The number of nitrogens with zero attached hydrogens (tertiary/aromatic N) is 1. The molecule has 2 amide bonds. The van der Waals surface area contributed by atoms with Gasteiger partial charge < -0.3 is 25.4 Å². The molecule has 1 aliphatic heterocycles. The standard InChI is InChI=1S/C31H30ClN3O4/c1-20(6-4-5-15-36)31(39)26-17-23(32)11-14-28(26)35(30(31)38)19-21-9-12-24(13-10-21)34-29(37)16-22-18-33-27-8-3-2-7-25(22)27/h2-4,6-14,17-18,20,33,36,39H,5,15-16,19H2,1H3,(H,34,37)/b6-4+/t20-,31+/m1/s1. The molecule has 4 N–H and O–H groups in total. The number of aliphatic hydroxyl groups excluding tert-OH is 1. The van der Waals surface area contributed by atoms with E-state index in [-0.39, 0.29) is 25.5 Å². The van der Waals surface area contributed by atoms with Gasteiger partial charge in [0.2, 0.25) is 5.91 Å². The number of hydrogen-bond donors (Lipinski definition) is 4. The predicted molar refractivity (Wildman–Crippen MR) is 154 cm³/mol. The van der Waals surface area contributed by atoms with Crippen molar-refractivity contribution >= 4 is 45.7 Å². The molecule has 0 aliphatic carbocycles. The smallest absolute Gasteiger partial charge is 0.264 e. The summed E-state index contributed by atoms with van der Waals surface area (Å²) in [4.78, 5) is 31.1. The molecule has 0 fully saturated rings. The highest BCUT2D eigenvalue weighted by Crippen LogP contribution is 2.46. The summed E-state index contributed by atoms with van der Waals surface area (Å²) in [5.41, 5.74) is 2.70. The van der Waals surface area contributed by atoms with Crippen LogP contribution in [0.15, 0.2) is 85.1 Å². The Morgan fingerprint density at radius 3 is 2.69 bits per heavy atom. The number of halogens is 1. The van der Waals surface area contributed by atoms with Gasteiger partial charge in [-0.25, -0.2) is 0 Å². The zero-order chi connectivity index (χ0) is 27.6. The Balaban J connectivity index is 1.30. The van der Waals surface area contributed by atoms with Crippen molar-refractivity contribution in [3.05, 3.63) is 107 Å². The fourth-order valence-corrected chi connectivity index (χ4v) is 5.29. The molecule has 5 rings (SSSR count). The van der Waals surface area contributed by atoms with Gasteiger partial charge in [-0.1, -0.05) is 61.0 Å². The maximum Gasteiger partial charge on any atom is 0.264 e. The lowest BCUT2D eigenvalue weighted by atomic mass is 9.83. The number of rotatable bonds is 9. The third-order valence-corrected chi connectivity index (χ3v) is 7.45. The first-order valence-electron chi connectivity index (χ1n) is 12.9. The van der Waals surface area contributed by atoms with Crippen LogP contribution in [-0.2, 0) is 28.2 Å². The molecule has 0 bridgehead atoms. The van der Waals surface area contributed by atoms with E-state index < -0.39 is 17.4 Å². The van der Waals surface area contributed by atoms with Crippen molar-refractivity contribution in [2.75, 3.05) is 16.8 Å². The van der Waals surface area contributed by atoms with Gasteiger partial charge in [0.1, 0.15) is 0 Å². The number of nitrogens with one attached hydrogen (secondary N) is 2. The van der Waals surface area contributed by atoms with E-state index in [1.165, 1.54) is 0 Å². The minimum Gasteiger partial charge on any atom is -0.396 e. The van der Waals surface area contributed by atoms with Crippen molar-refractivity contribution in [3.63, 3.8) is 0 Å².